The van der Waals surface area contributed by atoms with Crippen LogP contribution >= 0.6 is 11.6 Å². The summed E-state index contributed by atoms with van der Waals surface area (Å²) in [4.78, 5) is 37.7. The van der Waals surface area contributed by atoms with Gasteiger partial charge in [0.25, 0.3) is 11.8 Å². The molecule has 1 saturated carbocycles. The van der Waals surface area contributed by atoms with E-state index in [1.165, 1.54) is 18.5 Å². The van der Waals surface area contributed by atoms with Gasteiger partial charge >= 0.3 is 0 Å². The van der Waals surface area contributed by atoms with E-state index < -0.39 is 0 Å². The molecule has 7 heteroatoms. The summed E-state index contributed by atoms with van der Waals surface area (Å²) in [5.74, 6) is -0.977. The zero-order valence-corrected chi connectivity index (χ0v) is 14.2. The van der Waals surface area contributed by atoms with Crippen LogP contribution < -0.4 is 5.43 Å². The highest BCUT2D eigenvalue weighted by molar-refractivity contribution is 6.31. The lowest BCUT2D eigenvalue weighted by molar-refractivity contribution is -0.140. The Morgan fingerprint density at radius 1 is 1.12 bits per heavy atom. The van der Waals surface area contributed by atoms with Crippen molar-refractivity contribution in [3.05, 3.63) is 57.4 Å². The second-order valence-corrected chi connectivity index (χ2v) is 7.33. The fourth-order valence-electron chi connectivity index (χ4n) is 4.33. The van der Waals surface area contributed by atoms with Gasteiger partial charge in [-0.2, -0.15) is 10.1 Å². The van der Waals surface area contributed by atoms with Crippen molar-refractivity contribution in [1.82, 2.24) is 5.01 Å². The van der Waals surface area contributed by atoms with Crippen LogP contribution in [-0.4, -0.2) is 23.0 Å². The van der Waals surface area contributed by atoms with Crippen LogP contribution in [-0.2, 0) is 9.59 Å². The summed E-state index contributed by atoms with van der Waals surface area (Å²) in [5, 5.41) is 5.65. The zero-order chi connectivity index (χ0) is 18.0. The number of rotatable bonds is 2. The lowest BCUT2D eigenvalue weighted by atomic mass is 9.85. The average Bonchev–Trinajstić information content (AvgIpc) is 3.30. The normalized spacial score (nSPS) is 29.5. The van der Waals surface area contributed by atoms with Crippen molar-refractivity contribution in [2.75, 3.05) is 0 Å². The van der Waals surface area contributed by atoms with Crippen molar-refractivity contribution in [3.8, 4) is 0 Å². The molecule has 1 saturated heterocycles. The number of halogens is 1. The molecule has 5 rings (SSSR count). The van der Waals surface area contributed by atoms with Gasteiger partial charge in [0.15, 0.2) is 0 Å². The molecule has 0 spiro atoms. The standard InChI is InChI=1S/C19H13ClN2O4/c20-12-3-4-14-13(6-12)17(23)11(8-26-14)7-21-22-18(24)15-9-1-2-10(5-9)16(15)19(22)25/h1-4,6-10,15-16H,5H2/b21-7-/t9-,10+,15-,16+. The fourth-order valence-corrected chi connectivity index (χ4v) is 4.50. The lowest BCUT2D eigenvalue weighted by Gasteiger charge is -2.13. The third-order valence-electron chi connectivity index (χ3n) is 5.52. The van der Waals surface area contributed by atoms with E-state index in [4.69, 9.17) is 16.0 Å². The van der Waals surface area contributed by atoms with E-state index in [9.17, 15) is 14.4 Å². The van der Waals surface area contributed by atoms with Crippen LogP contribution in [0.15, 0.2) is 50.9 Å². The molecule has 2 aromatic rings. The Labute approximate surface area is 152 Å². The number of carbonyl (C=O) groups is 2. The van der Waals surface area contributed by atoms with Gasteiger partial charge in [-0.05, 0) is 36.5 Å². The quantitative estimate of drug-likeness (QED) is 0.463. The highest BCUT2D eigenvalue weighted by Gasteiger charge is 2.59. The number of nitrogens with zero attached hydrogens (tertiary/aromatic N) is 2. The second kappa shape index (κ2) is 5.38. The summed E-state index contributed by atoms with van der Waals surface area (Å²) in [6.07, 6.45) is 7.37. The molecule has 2 amide bonds. The zero-order valence-electron chi connectivity index (χ0n) is 13.5. The van der Waals surface area contributed by atoms with Gasteiger partial charge in [-0.1, -0.05) is 23.8 Å². The minimum absolute atomic E-state index is 0.120. The minimum Gasteiger partial charge on any atom is -0.463 e. The van der Waals surface area contributed by atoms with E-state index in [0.29, 0.717) is 16.0 Å². The fraction of sp³-hybridized carbons (Fsp3) is 0.263. The first kappa shape index (κ1) is 15.5. The summed E-state index contributed by atoms with van der Waals surface area (Å²) >= 11 is 5.93. The van der Waals surface area contributed by atoms with Crippen molar-refractivity contribution < 1.29 is 14.0 Å². The number of hydrogen-bond donors (Lipinski definition) is 0. The molecule has 1 aromatic carbocycles. The monoisotopic (exact) mass is 368 g/mol. The Balaban J connectivity index is 1.49. The number of hydrazone groups is 1. The van der Waals surface area contributed by atoms with Gasteiger partial charge < -0.3 is 4.42 Å². The van der Waals surface area contributed by atoms with E-state index in [1.807, 2.05) is 12.2 Å². The molecular formula is C19H13ClN2O4. The van der Waals surface area contributed by atoms with Gasteiger partial charge in [0, 0.05) is 5.02 Å². The molecule has 130 valence electrons. The molecule has 1 aromatic heterocycles. The van der Waals surface area contributed by atoms with Crippen molar-refractivity contribution in [2.45, 2.75) is 6.42 Å². The Hall–Kier alpha value is -2.73. The summed E-state index contributed by atoms with van der Waals surface area (Å²) in [5.41, 5.74) is 0.235. The van der Waals surface area contributed by atoms with E-state index in [1.54, 1.807) is 12.1 Å². The van der Waals surface area contributed by atoms with Crippen LogP contribution in [0.25, 0.3) is 11.0 Å². The van der Waals surface area contributed by atoms with Crippen LogP contribution in [0.2, 0.25) is 5.02 Å². The smallest absolute Gasteiger partial charge is 0.254 e. The molecule has 2 fully saturated rings. The highest BCUT2D eigenvalue weighted by Crippen LogP contribution is 2.52. The van der Waals surface area contributed by atoms with Gasteiger partial charge in [-0.25, -0.2) is 0 Å². The Bertz CT molecular complexity index is 1060. The number of hydrogen-bond acceptors (Lipinski definition) is 5. The van der Waals surface area contributed by atoms with Crippen LogP contribution in [0.5, 0.6) is 0 Å². The van der Waals surface area contributed by atoms with Crippen LogP contribution in [0.4, 0.5) is 0 Å². The number of benzene rings is 1. The third kappa shape index (κ3) is 2.05. The van der Waals surface area contributed by atoms with Gasteiger partial charge in [0.05, 0.1) is 29.0 Å². The predicted octanol–water partition coefficient (Wildman–Crippen LogP) is 2.59. The molecule has 2 heterocycles. The van der Waals surface area contributed by atoms with Crippen LogP contribution in [0, 0.1) is 23.7 Å². The molecule has 2 bridgehead atoms. The maximum atomic E-state index is 12.6. The highest BCUT2D eigenvalue weighted by atomic mass is 35.5. The molecular weight excluding hydrogens is 356 g/mol. The predicted molar refractivity (Wildman–Crippen MR) is 94.7 cm³/mol. The molecule has 1 aliphatic heterocycles. The van der Waals surface area contributed by atoms with Gasteiger partial charge in [-0.3, -0.25) is 14.4 Å². The van der Waals surface area contributed by atoms with Crippen molar-refractivity contribution >= 4 is 40.6 Å². The first-order chi connectivity index (χ1) is 12.5. The first-order valence-corrected chi connectivity index (χ1v) is 8.73. The maximum Gasteiger partial charge on any atom is 0.254 e. The minimum atomic E-state index is -0.321. The Kier molecular flexibility index (Phi) is 3.21. The number of amides is 2. The largest absolute Gasteiger partial charge is 0.463 e. The molecule has 0 radical (unpaired) electrons. The third-order valence-corrected chi connectivity index (χ3v) is 5.76. The Morgan fingerprint density at radius 2 is 1.81 bits per heavy atom. The molecule has 6 nitrogen and oxygen atoms in total. The van der Waals surface area contributed by atoms with Gasteiger partial charge in [-0.15, -0.1) is 0 Å². The molecule has 0 N–H and O–H groups in total. The second-order valence-electron chi connectivity index (χ2n) is 6.89. The van der Waals surface area contributed by atoms with Crippen molar-refractivity contribution in [3.63, 3.8) is 0 Å². The van der Waals surface area contributed by atoms with E-state index >= 15 is 0 Å². The van der Waals surface area contributed by atoms with Gasteiger partial charge in [0.1, 0.15) is 11.8 Å². The molecule has 3 aliphatic rings. The van der Waals surface area contributed by atoms with Gasteiger partial charge in [0.2, 0.25) is 5.43 Å². The molecule has 0 unspecified atom stereocenters. The van der Waals surface area contributed by atoms with Crippen LogP contribution in [0.1, 0.15) is 12.0 Å². The van der Waals surface area contributed by atoms with E-state index in [0.717, 1.165) is 11.4 Å². The topological polar surface area (TPSA) is 80.0 Å². The van der Waals surface area contributed by atoms with Crippen molar-refractivity contribution in [1.29, 1.82) is 0 Å². The first-order valence-electron chi connectivity index (χ1n) is 8.36. The van der Waals surface area contributed by atoms with E-state index in [-0.39, 0.29) is 46.5 Å². The Morgan fingerprint density at radius 3 is 2.50 bits per heavy atom. The number of imide groups is 1. The van der Waals surface area contributed by atoms with E-state index in [2.05, 4.69) is 5.10 Å². The number of fused-ring (bicyclic) bond motifs is 6. The van der Waals surface area contributed by atoms with Crippen LogP contribution in [0.3, 0.4) is 0 Å². The maximum absolute atomic E-state index is 12.6. The molecule has 2 aliphatic carbocycles. The lowest BCUT2D eigenvalue weighted by Crippen LogP contribution is -2.28. The summed E-state index contributed by atoms with van der Waals surface area (Å²) < 4.78 is 5.42. The molecule has 26 heavy (non-hydrogen) atoms. The molecule has 4 atom stereocenters. The summed E-state index contributed by atoms with van der Waals surface area (Å²) in [6, 6.07) is 4.75. The SMILES string of the molecule is O=C1[C@@H]2[C@H](C(=O)N1/N=C\c1coc3ccc(Cl)cc3c1=O)[C@@H]1C=C[C@H]2C1. The van der Waals surface area contributed by atoms with Crippen molar-refractivity contribution in [2.24, 2.45) is 28.8 Å². The summed E-state index contributed by atoms with van der Waals surface area (Å²) in [6.45, 7) is 0. The average molecular weight is 369 g/mol. The number of allylic oxidation sites excluding steroid dienone is 2. The summed E-state index contributed by atoms with van der Waals surface area (Å²) in [7, 11) is 0. The number of carbonyl (C=O) groups excluding carboxylic acids is 2.